The average molecular weight is 116 g/mol. The van der Waals surface area contributed by atoms with Crippen LogP contribution in [-0.4, -0.2) is 0 Å². The van der Waals surface area contributed by atoms with Crippen LogP contribution in [0.5, 0.6) is 0 Å². The standard InChI is InChI=1S/C3H6.C2H3F.C2H4/c1-3-2;1-2-3;1-2/h3H,1H2,2H3;2H,1H2;1-2H2. The predicted molar refractivity (Wildman–Crippen MR) is 38.4 cm³/mol. The van der Waals surface area contributed by atoms with Crippen molar-refractivity contribution >= 4 is 0 Å². The third-order valence-electron chi connectivity index (χ3n) is 0. The van der Waals surface area contributed by atoms with Gasteiger partial charge >= 0.3 is 0 Å². The second-order valence-corrected chi connectivity index (χ2v) is 0.563. The van der Waals surface area contributed by atoms with E-state index in [0.29, 0.717) is 0 Å². The van der Waals surface area contributed by atoms with Crippen LogP contribution in [0, 0.1) is 0 Å². The van der Waals surface area contributed by atoms with E-state index in [9.17, 15) is 4.39 Å². The molecule has 1 heteroatoms. The molecule has 0 aromatic carbocycles. The summed E-state index contributed by atoms with van der Waals surface area (Å²) in [6.45, 7) is 13.9. The molecule has 0 amide bonds. The Morgan fingerprint density at radius 1 is 1.25 bits per heavy atom. The van der Waals surface area contributed by atoms with Crippen LogP contribution in [0.15, 0.2) is 38.7 Å². The van der Waals surface area contributed by atoms with Crippen LogP contribution < -0.4 is 0 Å². The molecule has 0 rings (SSSR count). The smallest absolute Gasteiger partial charge is 0.0795 e. The molecule has 0 saturated heterocycles. The molecule has 8 heavy (non-hydrogen) atoms. The van der Waals surface area contributed by atoms with Crippen LogP contribution in [-0.2, 0) is 0 Å². The van der Waals surface area contributed by atoms with Crippen molar-refractivity contribution in [2.75, 3.05) is 0 Å². The number of rotatable bonds is 0. The molecule has 48 valence electrons. The van der Waals surface area contributed by atoms with Crippen molar-refractivity contribution in [3.8, 4) is 0 Å². The van der Waals surface area contributed by atoms with Gasteiger partial charge in [-0.2, -0.15) is 0 Å². The minimum atomic E-state index is 0.250. The first-order valence-corrected chi connectivity index (χ1v) is 2.11. The first-order valence-electron chi connectivity index (χ1n) is 2.11. The summed E-state index contributed by atoms with van der Waals surface area (Å²) in [6, 6.07) is 0. The fourth-order valence-electron chi connectivity index (χ4n) is 0. The van der Waals surface area contributed by atoms with Crippen molar-refractivity contribution in [3.63, 3.8) is 0 Å². The SMILES string of the molecule is C=C.C=CC.C=CF. The lowest BCUT2D eigenvalue weighted by atomic mass is 10.8. The van der Waals surface area contributed by atoms with E-state index in [4.69, 9.17) is 0 Å². The molecule has 0 heterocycles. The molecule has 0 spiro atoms. The Morgan fingerprint density at radius 2 is 1.25 bits per heavy atom. The maximum atomic E-state index is 10.1. The molecule has 0 nitrogen and oxygen atoms in total. The summed E-state index contributed by atoms with van der Waals surface area (Å²) in [7, 11) is 0. The topological polar surface area (TPSA) is 0 Å². The van der Waals surface area contributed by atoms with E-state index in [1.807, 2.05) is 6.92 Å². The van der Waals surface area contributed by atoms with Gasteiger partial charge in [0.2, 0.25) is 0 Å². The maximum Gasteiger partial charge on any atom is 0.0795 e. The molecule has 0 aromatic heterocycles. The van der Waals surface area contributed by atoms with E-state index in [1.165, 1.54) is 0 Å². The summed E-state index contributed by atoms with van der Waals surface area (Å²) < 4.78 is 10.1. The van der Waals surface area contributed by atoms with E-state index in [2.05, 4.69) is 26.3 Å². The van der Waals surface area contributed by atoms with Crippen molar-refractivity contribution in [1.82, 2.24) is 0 Å². The maximum absolute atomic E-state index is 10.1. The Balaban J connectivity index is -0.0000000483. The van der Waals surface area contributed by atoms with Crippen LogP contribution in [0.3, 0.4) is 0 Å². The summed E-state index contributed by atoms with van der Waals surface area (Å²) >= 11 is 0. The van der Waals surface area contributed by atoms with Crippen molar-refractivity contribution in [2.45, 2.75) is 6.92 Å². The first kappa shape index (κ1) is 15.7. The summed E-state index contributed by atoms with van der Waals surface area (Å²) in [6.07, 6.45) is 2.00. The van der Waals surface area contributed by atoms with Gasteiger partial charge in [-0.1, -0.05) is 12.7 Å². The fourth-order valence-corrected chi connectivity index (χ4v) is 0. The number of allylic oxidation sites excluding steroid dienone is 1. The van der Waals surface area contributed by atoms with Crippen LogP contribution in [0.4, 0.5) is 4.39 Å². The van der Waals surface area contributed by atoms with Gasteiger partial charge in [0.05, 0.1) is 6.33 Å². The van der Waals surface area contributed by atoms with E-state index in [-0.39, 0.29) is 6.33 Å². The summed E-state index contributed by atoms with van der Waals surface area (Å²) in [5.41, 5.74) is 0. The number of hydrogen-bond donors (Lipinski definition) is 0. The van der Waals surface area contributed by atoms with E-state index < -0.39 is 0 Å². The van der Waals surface area contributed by atoms with Crippen LogP contribution in [0.25, 0.3) is 0 Å². The van der Waals surface area contributed by atoms with Crippen LogP contribution >= 0.6 is 0 Å². The van der Waals surface area contributed by atoms with Crippen LogP contribution in [0.1, 0.15) is 6.92 Å². The molecule has 0 saturated carbocycles. The lowest BCUT2D eigenvalue weighted by Crippen LogP contribution is -1.07. The summed E-state index contributed by atoms with van der Waals surface area (Å²) in [4.78, 5) is 0. The summed E-state index contributed by atoms with van der Waals surface area (Å²) in [5.74, 6) is 0. The zero-order valence-electron chi connectivity index (χ0n) is 5.36. The highest BCUT2D eigenvalue weighted by molar-refractivity contribution is 4.51. The molecule has 0 fully saturated rings. The van der Waals surface area contributed by atoms with Gasteiger partial charge in [-0.05, 0) is 6.92 Å². The molecule has 0 unspecified atom stereocenters. The van der Waals surface area contributed by atoms with Gasteiger partial charge in [0, 0.05) is 0 Å². The van der Waals surface area contributed by atoms with E-state index in [0.717, 1.165) is 0 Å². The zero-order valence-corrected chi connectivity index (χ0v) is 5.36. The molecule has 0 aromatic rings. The average Bonchev–Trinajstić information content (AvgIpc) is 1.75. The van der Waals surface area contributed by atoms with Gasteiger partial charge in [-0.25, -0.2) is 4.39 Å². The van der Waals surface area contributed by atoms with E-state index >= 15 is 0 Å². The molecule has 0 radical (unpaired) electrons. The Morgan fingerprint density at radius 3 is 1.25 bits per heavy atom. The molecule has 0 N–H and O–H groups in total. The Bertz CT molecular complexity index is 33.7. The van der Waals surface area contributed by atoms with Gasteiger partial charge < -0.3 is 0 Å². The van der Waals surface area contributed by atoms with Crippen LogP contribution in [0.2, 0.25) is 0 Å². The Hall–Kier alpha value is -0.850. The third kappa shape index (κ3) is 123. The number of hydrogen-bond acceptors (Lipinski definition) is 0. The number of halogens is 1. The monoisotopic (exact) mass is 116 g/mol. The van der Waals surface area contributed by atoms with Gasteiger partial charge in [0.1, 0.15) is 0 Å². The lowest BCUT2D eigenvalue weighted by molar-refractivity contribution is 0.725. The van der Waals surface area contributed by atoms with E-state index in [1.54, 1.807) is 6.08 Å². The first-order chi connectivity index (χ1) is 3.83. The molecule has 0 aliphatic heterocycles. The highest BCUT2D eigenvalue weighted by Gasteiger charge is 1.19. The molecule has 0 atom stereocenters. The molecule has 0 bridgehead atoms. The molecule has 0 aliphatic carbocycles. The molecular weight excluding hydrogens is 103 g/mol. The van der Waals surface area contributed by atoms with Gasteiger partial charge in [-0.15, -0.1) is 19.7 Å². The zero-order chi connectivity index (χ0) is 7.41. The second-order valence-electron chi connectivity index (χ2n) is 0.563. The minimum absolute atomic E-state index is 0.250. The van der Waals surface area contributed by atoms with Gasteiger partial charge in [0.25, 0.3) is 0 Å². The van der Waals surface area contributed by atoms with Crippen molar-refractivity contribution in [2.24, 2.45) is 0 Å². The van der Waals surface area contributed by atoms with Gasteiger partial charge in [0.15, 0.2) is 0 Å². The highest BCUT2D eigenvalue weighted by Crippen LogP contribution is 1.48. The largest absolute Gasteiger partial charge is 0.216 e. The predicted octanol–water partition coefficient (Wildman–Crippen LogP) is 3.09. The lowest BCUT2D eigenvalue weighted by Gasteiger charge is -1.31. The Kier molecular flexibility index (Phi) is 242. The Labute approximate surface area is 51.0 Å². The van der Waals surface area contributed by atoms with Crippen molar-refractivity contribution < 1.29 is 4.39 Å². The normalized spacial score (nSPS) is 3.75. The third-order valence-corrected chi connectivity index (χ3v) is 0. The van der Waals surface area contributed by atoms with Crippen molar-refractivity contribution in [1.29, 1.82) is 0 Å². The van der Waals surface area contributed by atoms with Gasteiger partial charge in [-0.3, -0.25) is 0 Å². The second kappa shape index (κ2) is 123. The molecular formula is C7H13F. The fraction of sp³-hybridized carbons (Fsp3) is 0.143. The quantitative estimate of drug-likeness (QED) is 0.426. The van der Waals surface area contributed by atoms with Crippen molar-refractivity contribution in [3.05, 3.63) is 38.7 Å². The summed E-state index contributed by atoms with van der Waals surface area (Å²) in [5, 5.41) is 0. The minimum Gasteiger partial charge on any atom is -0.216 e. The molecule has 0 aliphatic rings. The highest BCUT2D eigenvalue weighted by atomic mass is 19.1.